The van der Waals surface area contributed by atoms with E-state index < -0.39 is 0 Å². The van der Waals surface area contributed by atoms with Gasteiger partial charge in [-0.25, -0.2) is 0 Å². The summed E-state index contributed by atoms with van der Waals surface area (Å²) in [6.07, 6.45) is 1.52. The zero-order valence-electron chi connectivity index (χ0n) is 8.92. The van der Waals surface area contributed by atoms with E-state index in [2.05, 4.69) is 39.4 Å². The lowest BCUT2D eigenvalue weighted by Gasteiger charge is -2.09. The fourth-order valence-electron chi connectivity index (χ4n) is 1.84. The third-order valence-electron chi connectivity index (χ3n) is 2.55. The average Bonchev–Trinajstić information content (AvgIpc) is 2.72. The third kappa shape index (κ3) is 2.55. The van der Waals surface area contributed by atoms with Gasteiger partial charge in [-0.1, -0.05) is 15.9 Å². The van der Waals surface area contributed by atoms with Crippen molar-refractivity contribution in [2.45, 2.75) is 19.4 Å². The Morgan fingerprint density at radius 1 is 1.50 bits per heavy atom. The highest BCUT2D eigenvalue weighted by Crippen LogP contribution is 2.32. The second-order valence-corrected chi connectivity index (χ2v) is 4.65. The molecule has 0 aromatic heterocycles. The zero-order chi connectivity index (χ0) is 11.4. The Morgan fingerprint density at radius 2 is 2.38 bits per heavy atom. The van der Waals surface area contributed by atoms with Gasteiger partial charge >= 0.3 is 0 Å². The molecular formula is C12H13BrN2O. The van der Waals surface area contributed by atoms with Crippen LogP contribution < -0.4 is 10.1 Å². The molecule has 0 fully saturated rings. The van der Waals surface area contributed by atoms with Crippen LogP contribution >= 0.6 is 15.9 Å². The van der Waals surface area contributed by atoms with Crippen molar-refractivity contribution < 1.29 is 4.74 Å². The van der Waals surface area contributed by atoms with E-state index in [1.54, 1.807) is 0 Å². The van der Waals surface area contributed by atoms with Gasteiger partial charge in [-0.05, 0) is 17.7 Å². The Bertz CT molecular complexity index is 426. The maximum atomic E-state index is 8.44. The van der Waals surface area contributed by atoms with Crippen LogP contribution in [-0.2, 0) is 13.0 Å². The van der Waals surface area contributed by atoms with Gasteiger partial charge in [0.1, 0.15) is 5.75 Å². The van der Waals surface area contributed by atoms with Crippen LogP contribution in [0.5, 0.6) is 5.75 Å². The van der Waals surface area contributed by atoms with Crippen LogP contribution in [-0.4, -0.2) is 13.2 Å². The van der Waals surface area contributed by atoms with Crippen molar-refractivity contribution in [3.05, 3.63) is 27.7 Å². The first kappa shape index (κ1) is 11.4. The molecule has 1 aliphatic heterocycles. The average molecular weight is 281 g/mol. The molecule has 0 saturated heterocycles. The van der Waals surface area contributed by atoms with Crippen LogP contribution in [0, 0.1) is 11.3 Å². The van der Waals surface area contributed by atoms with E-state index in [-0.39, 0.29) is 0 Å². The smallest absolute Gasteiger partial charge is 0.127 e. The van der Waals surface area contributed by atoms with Gasteiger partial charge in [-0.2, -0.15) is 5.26 Å². The highest BCUT2D eigenvalue weighted by atomic mass is 79.9. The van der Waals surface area contributed by atoms with E-state index in [9.17, 15) is 0 Å². The lowest BCUT2D eigenvalue weighted by molar-refractivity contribution is 0.352. The minimum Gasteiger partial charge on any atom is -0.493 e. The quantitative estimate of drug-likeness (QED) is 0.862. The second kappa shape index (κ2) is 5.33. The third-order valence-corrected chi connectivity index (χ3v) is 3.01. The lowest BCUT2D eigenvalue weighted by Crippen LogP contribution is -2.14. The number of nitriles is 1. The molecule has 1 aliphatic rings. The van der Waals surface area contributed by atoms with Crippen LogP contribution in [0.1, 0.15) is 17.5 Å². The molecule has 1 heterocycles. The number of ether oxygens (including phenoxy) is 1. The van der Waals surface area contributed by atoms with Crippen LogP contribution in [0.25, 0.3) is 0 Å². The van der Waals surface area contributed by atoms with Gasteiger partial charge in [0.05, 0.1) is 12.7 Å². The maximum absolute atomic E-state index is 8.44. The number of fused-ring (bicyclic) bond motifs is 1. The summed E-state index contributed by atoms with van der Waals surface area (Å²) < 4.78 is 6.71. The molecule has 3 nitrogen and oxygen atoms in total. The summed E-state index contributed by atoms with van der Waals surface area (Å²) in [5, 5.41) is 11.7. The summed E-state index contributed by atoms with van der Waals surface area (Å²) in [4.78, 5) is 0. The first-order valence-electron chi connectivity index (χ1n) is 5.33. The highest BCUT2D eigenvalue weighted by molar-refractivity contribution is 9.10. The molecule has 0 atom stereocenters. The van der Waals surface area contributed by atoms with E-state index in [0.29, 0.717) is 6.42 Å². The number of hydrogen-bond donors (Lipinski definition) is 1. The minimum atomic E-state index is 0.539. The molecule has 0 saturated carbocycles. The monoisotopic (exact) mass is 280 g/mol. The second-order valence-electron chi connectivity index (χ2n) is 3.74. The Morgan fingerprint density at radius 3 is 3.19 bits per heavy atom. The summed E-state index contributed by atoms with van der Waals surface area (Å²) in [5.41, 5.74) is 2.44. The SMILES string of the molecule is N#CCCNCc1cc(Br)cc2c1OCC2. The highest BCUT2D eigenvalue weighted by Gasteiger charge is 2.16. The number of hydrogen-bond acceptors (Lipinski definition) is 3. The largest absolute Gasteiger partial charge is 0.493 e. The molecule has 0 spiro atoms. The van der Waals surface area contributed by atoms with Crippen molar-refractivity contribution in [1.29, 1.82) is 5.26 Å². The molecule has 84 valence electrons. The van der Waals surface area contributed by atoms with Gasteiger partial charge in [0.2, 0.25) is 0 Å². The van der Waals surface area contributed by atoms with Crippen molar-refractivity contribution in [2.24, 2.45) is 0 Å². The van der Waals surface area contributed by atoms with Gasteiger partial charge in [-0.15, -0.1) is 0 Å². The Balaban J connectivity index is 2.06. The molecule has 0 aliphatic carbocycles. The number of nitrogens with zero attached hydrogens (tertiary/aromatic N) is 1. The Labute approximate surface area is 104 Å². The summed E-state index contributed by atoms with van der Waals surface area (Å²) in [7, 11) is 0. The molecule has 0 unspecified atom stereocenters. The van der Waals surface area contributed by atoms with E-state index in [1.807, 2.05) is 0 Å². The van der Waals surface area contributed by atoms with Crippen LogP contribution in [0.2, 0.25) is 0 Å². The Kier molecular flexibility index (Phi) is 3.81. The van der Waals surface area contributed by atoms with E-state index in [0.717, 1.165) is 36.3 Å². The van der Waals surface area contributed by atoms with Gasteiger partial charge in [0, 0.05) is 36.0 Å². The molecule has 0 radical (unpaired) electrons. The number of benzene rings is 1. The summed E-state index contributed by atoms with van der Waals surface area (Å²) in [6, 6.07) is 6.30. The molecule has 2 rings (SSSR count). The van der Waals surface area contributed by atoms with Gasteiger partial charge in [0.15, 0.2) is 0 Å². The summed E-state index contributed by atoms with van der Waals surface area (Å²) in [6.45, 7) is 2.25. The molecular weight excluding hydrogens is 268 g/mol. The molecule has 0 amide bonds. The van der Waals surface area contributed by atoms with Crippen molar-refractivity contribution in [1.82, 2.24) is 5.32 Å². The molecule has 1 aromatic carbocycles. The van der Waals surface area contributed by atoms with Crippen LogP contribution in [0.15, 0.2) is 16.6 Å². The molecule has 4 heteroatoms. The first-order valence-corrected chi connectivity index (χ1v) is 6.12. The van der Waals surface area contributed by atoms with Crippen molar-refractivity contribution in [3.8, 4) is 11.8 Å². The van der Waals surface area contributed by atoms with Crippen molar-refractivity contribution >= 4 is 15.9 Å². The standard InChI is InChI=1S/C12H13BrN2O/c13-11-6-9-2-5-16-12(9)10(7-11)8-15-4-1-3-14/h6-7,15H,1-2,4-5,8H2. The Hall–Kier alpha value is -1.05. The molecule has 0 bridgehead atoms. The zero-order valence-corrected chi connectivity index (χ0v) is 10.5. The van der Waals surface area contributed by atoms with Crippen molar-refractivity contribution in [2.75, 3.05) is 13.2 Å². The number of rotatable bonds is 4. The number of halogens is 1. The fraction of sp³-hybridized carbons (Fsp3) is 0.417. The van der Waals surface area contributed by atoms with Crippen molar-refractivity contribution in [3.63, 3.8) is 0 Å². The normalized spacial score (nSPS) is 13.0. The predicted octanol–water partition coefficient (Wildman–Crippen LogP) is 2.39. The van der Waals surface area contributed by atoms with Gasteiger partial charge in [0.25, 0.3) is 0 Å². The number of nitrogens with one attached hydrogen (secondary N) is 1. The first-order chi connectivity index (χ1) is 7.81. The molecule has 1 aromatic rings. The van der Waals surface area contributed by atoms with E-state index >= 15 is 0 Å². The van der Waals surface area contributed by atoms with Gasteiger partial charge in [-0.3, -0.25) is 0 Å². The predicted molar refractivity (Wildman–Crippen MR) is 65.3 cm³/mol. The minimum absolute atomic E-state index is 0.539. The molecule has 16 heavy (non-hydrogen) atoms. The van der Waals surface area contributed by atoms with Crippen LogP contribution in [0.4, 0.5) is 0 Å². The fourth-order valence-corrected chi connectivity index (χ4v) is 2.40. The summed E-state index contributed by atoms with van der Waals surface area (Å²) >= 11 is 3.50. The van der Waals surface area contributed by atoms with Gasteiger partial charge < -0.3 is 10.1 Å². The molecule has 1 N–H and O–H groups in total. The summed E-state index contributed by atoms with van der Waals surface area (Å²) in [5.74, 6) is 1.02. The van der Waals surface area contributed by atoms with E-state index in [1.165, 1.54) is 11.1 Å². The van der Waals surface area contributed by atoms with Crippen LogP contribution in [0.3, 0.4) is 0 Å². The lowest BCUT2D eigenvalue weighted by atomic mass is 10.1. The maximum Gasteiger partial charge on any atom is 0.127 e. The topological polar surface area (TPSA) is 45.0 Å². The van der Waals surface area contributed by atoms with E-state index in [4.69, 9.17) is 10.00 Å².